The summed E-state index contributed by atoms with van der Waals surface area (Å²) in [6, 6.07) is 0. The Morgan fingerprint density at radius 3 is 2.50 bits per heavy atom. The van der Waals surface area contributed by atoms with Crippen molar-refractivity contribution in [3.8, 4) is 0 Å². The van der Waals surface area contributed by atoms with Gasteiger partial charge < -0.3 is 0 Å². The van der Waals surface area contributed by atoms with Gasteiger partial charge in [-0.3, -0.25) is 0 Å². The van der Waals surface area contributed by atoms with Crippen molar-refractivity contribution in [1.82, 2.24) is 0 Å². The Balaban J connectivity index is 2.70. The van der Waals surface area contributed by atoms with Crippen molar-refractivity contribution in [2.75, 3.05) is 0 Å². The molecule has 58 valence electrons. The first-order valence-corrected chi connectivity index (χ1v) is 4.13. The molecule has 0 fully saturated rings. The van der Waals surface area contributed by atoms with Crippen LogP contribution in [0.2, 0.25) is 0 Å². The highest BCUT2D eigenvalue weighted by Gasteiger charge is 1.86. The van der Waals surface area contributed by atoms with E-state index in [0.29, 0.717) is 0 Å². The van der Waals surface area contributed by atoms with Gasteiger partial charge in [-0.15, -0.1) is 6.58 Å². The number of allylic oxidation sites excluding steroid dienone is 1. The lowest BCUT2D eigenvalue weighted by Gasteiger charge is -1.96. The summed E-state index contributed by atoms with van der Waals surface area (Å²) in [5, 5.41) is 0. The van der Waals surface area contributed by atoms with E-state index in [4.69, 9.17) is 0 Å². The Kier molecular flexibility index (Phi) is 8.51. The lowest BCUT2D eigenvalue weighted by atomic mass is 10.1. The fourth-order valence-electron chi connectivity index (χ4n) is 0.878. The zero-order chi connectivity index (χ0) is 7.66. The highest BCUT2D eigenvalue weighted by atomic mass is 13.9. The van der Waals surface area contributed by atoms with Gasteiger partial charge in [0.1, 0.15) is 0 Å². The van der Waals surface area contributed by atoms with Crippen LogP contribution in [0.5, 0.6) is 0 Å². The van der Waals surface area contributed by atoms with Crippen LogP contribution in [0.25, 0.3) is 0 Å². The van der Waals surface area contributed by atoms with Crippen molar-refractivity contribution >= 4 is 0 Å². The number of hydrogen-bond acceptors (Lipinski definition) is 0. The van der Waals surface area contributed by atoms with E-state index in [1.54, 1.807) is 0 Å². The summed E-state index contributed by atoms with van der Waals surface area (Å²) in [7, 11) is 0. The predicted molar refractivity (Wildman–Crippen MR) is 47.6 cm³/mol. The summed E-state index contributed by atoms with van der Waals surface area (Å²) in [6.07, 6.45) is 11.6. The fourth-order valence-corrected chi connectivity index (χ4v) is 0.878. The second-order valence-corrected chi connectivity index (χ2v) is 2.52. The highest BCUT2D eigenvalue weighted by Crippen LogP contribution is 2.05. The number of unbranched alkanes of at least 4 members (excludes halogenated alkanes) is 6. The molecule has 0 aliphatic carbocycles. The van der Waals surface area contributed by atoms with Gasteiger partial charge in [-0.1, -0.05) is 38.7 Å². The van der Waals surface area contributed by atoms with E-state index in [0.717, 1.165) is 12.8 Å². The number of rotatable bonds is 7. The van der Waals surface area contributed by atoms with E-state index in [9.17, 15) is 0 Å². The number of hydrogen-bond donors (Lipinski definition) is 0. The monoisotopic (exact) mass is 138 g/mol. The molecule has 0 bridgehead atoms. The van der Waals surface area contributed by atoms with E-state index in [1.165, 1.54) is 25.7 Å². The molecule has 0 heteroatoms. The van der Waals surface area contributed by atoms with Crippen molar-refractivity contribution in [2.24, 2.45) is 0 Å². The van der Waals surface area contributed by atoms with Crippen LogP contribution in [0, 0.1) is 13.3 Å². The molecular formula is C10H18. The topological polar surface area (TPSA) is 0 Å². The summed E-state index contributed by atoms with van der Waals surface area (Å²) >= 11 is 0. The maximum absolute atomic E-state index is 3.79. The SMILES string of the molecule is [CH2]CCCCC[CH]CC=C. The van der Waals surface area contributed by atoms with Crippen LogP contribution in [0.4, 0.5) is 0 Å². The van der Waals surface area contributed by atoms with E-state index in [2.05, 4.69) is 19.9 Å². The summed E-state index contributed by atoms with van der Waals surface area (Å²) in [6.45, 7) is 7.45. The van der Waals surface area contributed by atoms with E-state index in [1.807, 2.05) is 6.08 Å². The van der Waals surface area contributed by atoms with Crippen molar-refractivity contribution in [1.29, 1.82) is 0 Å². The molecule has 0 aromatic heterocycles. The maximum Gasteiger partial charge on any atom is -0.0322 e. The smallest absolute Gasteiger partial charge is 0.0322 e. The zero-order valence-corrected chi connectivity index (χ0v) is 6.81. The van der Waals surface area contributed by atoms with Gasteiger partial charge in [0.2, 0.25) is 0 Å². The molecule has 0 amide bonds. The molecule has 0 aliphatic heterocycles. The lowest BCUT2D eigenvalue weighted by molar-refractivity contribution is 0.676. The lowest BCUT2D eigenvalue weighted by Crippen LogP contribution is -1.77. The van der Waals surface area contributed by atoms with Gasteiger partial charge in [0.15, 0.2) is 0 Å². The second kappa shape index (κ2) is 8.74. The average Bonchev–Trinajstić information content (AvgIpc) is 1.97. The van der Waals surface area contributed by atoms with Gasteiger partial charge >= 0.3 is 0 Å². The Bertz CT molecular complexity index is 64.4. The van der Waals surface area contributed by atoms with Gasteiger partial charge in [-0.05, 0) is 19.3 Å². The molecule has 0 spiro atoms. The van der Waals surface area contributed by atoms with Crippen LogP contribution in [-0.4, -0.2) is 0 Å². The van der Waals surface area contributed by atoms with Gasteiger partial charge in [-0.2, -0.15) is 0 Å². The summed E-state index contributed by atoms with van der Waals surface area (Å²) < 4.78 is 0. The average molecular weight is 138 g/mol. The molecule has 0 heterocycles. The zero-order valence-electron chi connectivity index (χ0n) is 6.81. The normalized spacial score (nSPS) is 9.70. The third kappa shape index (κ3) is 7.74. The van der Waals surface area contributed by atoms with E-state index >= 15 is 0 Å². The van der Waals surface area contributed by atoms with Crippen LogP contribution in [0.3, 0.4) is 0 Å². The van der Waals surface area contributed by atoms with Crippen molar-refractivity contribution in [2.45, 2.75) is 38.5 Å². The Hall–Kier alpha value is -0.260. The minimum Gasteiger partial charge on any atom is -0.103 e. The third-order valence-electron chi connectivity index (χ3n) is 1.49. The first kappa shape index (κ1) is 9.74. The minimum absolute atomic E-state index is 1.06. The molecule has 0 saturated heterocycles. The van der Waals surface area contributed by atoms with Crippen LogP contribution in [0.15, 0.2) is 12.7 Å². The Labute approximate surface area is 65.3 Å². The molecular weight excluding hydrogens is 120 g/mol. The van der Waals surface area contributed by atoms with Crippen LogP contribution < -0.4 is 0 Å². The molecule has 10 heavy (non-hydrogen) atoms. The van der Waals surface area contributed by atoms with Crippen LogP contribution >= 0.6 is 0 Å². The molecule has 0 atom stereocenters. The molecule has 0 rings (SSSR count). The van der Waals surface area contributed by atoms with Gasteiger partial charge in [0.25, 0.3) is 0 Å². The third-order valence-corrected chi connectivity index (χ3v) is 1.49. The first-order valence-electron chi connectivity index (χ1n) is 4.13. The summed E-state index contributed by atoms with van der Waals surface area (Å²) in [5.74, 6) is 0. The molecule has 0 unspecified atom stereocenters. The standard InChI is InChI=1S/C10H18/c1-3-5-7-9-10-8-6-4-2/h3,7H,1-2,4-6,8-10H2. The Morgan fingerprint density at radius 2 is 1.90 bits per heavy atom. The van der Waals surface area contributed by atoms with E-state index in [-0.39, 0.29) is 0 Å². The van der Waals surface area contributed by atoms with Gasteiger partial charge in [0, 0.05) is 0 Å². The van der Waals surface area contributed by atoms with Crippen molar-refractivity contribution in [3.05, 3.63) is 26.0 Å². The first-order chi connectivity index (χ1) is 4.91. The second-order valence-electron chi connectivity index (χ2n) is 2.52. The molecule has 0 aromatic rings. The largest absolute Gasteiger partial charge is 0.103 e. The Morgan fingerprint density at radius 1 is 1.10 bits per heavy atom. The molecule has 0 aliphatic rings. The van der Waals surface area contributed by atoms with Crippen molar-refractivity contribution in [3.63, 3.8) is 0 Å². The molecule has 0 aromatic carbocycles. The molecule has 2 radical (unpaired) electrons. The minimum atomic E-state index is 1.06. The van der Waals surface area contributed by atoms with Gasteiger partial charge in [-0.25, -0.2) is 0 Å². The predicted octanol–water partition coefficient (Wildman–Crippen LogP) is 3.55. The molecule has 0 N–H and O–H groups in total. The maximum atomic E-state index is 3.79. The highest BCUT2D eigenvalue weighted by molar-refractivity contribution is 4.77. The van der Waals surface area contributed by atoms with Crippen molar-refractivity contribution < 1.29 is 0 Å². The molecule has 0 saturated carbocycles. The van der Waals surface area contributed by atoms with Crippen LogP contribution in [0.1, 0.15) is 38.5 Å². The van der Waals surface area contributed by atoms with Crippen LogP contribution in [-0.2, 0) is 0 Å². The van der Waals surface area contributed by atoms with E-state index < -0.39 is 0 Å². The quantitative estimate of drug-likeness (QED) is 0.373. The van der Waals surface area contributed by atoms with Gasteiger partial charge in [0.05, 0.1) is 0 Å². The summed E-state index contributed by atoms with van der Waals surface area (Å²) in [4.78, 5) is 0. The summed E-state index contributed by atoms with van der Waals surface area (Å²) in [5.41, 5.74) is 0. The fraction of sp³-hybridized carbons (Fsp3) is 0.600. The molecule has 0 nitrogen and oxygen atoms in total.